The van der Waals surface area contributed by atoms with E-state index in [0.717, 1.165) is 22.4 Å². The van der Waals surface area contributed by atoms with Crippen LogP contribution < -0.4 is 15.8 Å². The van der Waals surface area contributed by atoms with Crippen molar-refractivity contribution in [1.82, 2.24) is 9.80 Å². The summed E-state index contributed by atoms with van der Waals surface area (Å²) in [6, 6.07) is 14.9. The van der Waals surface area contributed by atoms with Gasteiger partial charge in [-0.1, -0.05) is 36.4 Å². The molecule has 0 saturated carbocycles. The van der Waals surface area contributed by atoms with E-state index in [1.54, 1.807) is 34.9 Å². The van der Waals surface area contributed by atoms with Gasteiger partial charge in [-0.3, -0.25) is 9.59 Å². The van der Waals surface area contributed by atoms with Gasteiger partial charge in [-0.05, 0) is 61.2 Å². The number of nitrogens with zero attached hydrogens (tertiary/aromatic N) is 2. The van der Waals surface area contributed by atoms with E-state index in [9.17, 15) is 18.8 Å². The molecular formula is C29H31FN4O4. The summed E-state index contributed by atoms with van der Waals surface area (Å²) in [4.78, 5) is 40.9. The molecule has 8 nitrogen and oxygen atoms in total. The fraction of sp³-hybridized carbons (Fsp3) is 0.276. The molecule has 3 aromatic rings. The SMILES string of the molecule is Cc1cccc(C)c1NC(=O)N1CCN(C(=O)c2cc(COc3c(C)cccc3C(N)=O)ccc2F)CC1. The lowest BCUT2D eigenvalue weighted by Crippen LogP contribution is -2.51. The highest BCUT2D eigenvalue weighted by Crippen LogP contribution is 2.25. The minimum atomic E-state index is -0.636. The van der Waals surface area contributed by atoms with E-state index in [0.29, 0.717) is 24.4 Å². The van der Waals surface area contributed by atoms with Crippen LogP contribution in [0.15, 0.2) is 54.6 Å². The number of nitrogens with one attached hydrogen (secondary N) is 1. The second-order valence-electron chi connectivity index (χ2n) is 9.39. The summed E-state index contributed by atoms with van der Waals surface area (Å²) in [6.07, 6.45) is 0. The van der Waals surface area contributed by atoms with Crippen molar-refractivity contribution in [2.45, 2.75) is 27.4 Å². The van der Waals surface area contributed by atoms with Gasteiger partial charge in [-0.15, -0.1) is 0 Å². The molecule has 4 amide bonds. The van der Waals surface area contributed by atoms with Gasteiger partial charge in [0, 0.05) is 31.9 Å². The van der Waals surface area contributed by atoms with E-state index in [-0.39, 0.29) is 36.9 Å². The summed E-state index contributed by atoms with van der Waals surface area (Å²) in [6.45, 7) is 6.91. The first-order chi connectivity index (χ1) is 18.2. The lowest BCUT2D eigenvalue weighted by molar-refractivity contribution is 0.0666. The first-order valence-electron chi connectivity index (χ1n) is 12.4. The topological polar surface area (TPSA) is 105 Å². The molecule has 3 aromatic carbocycles. The molecule has 0 unspecified atom stereocenters. The molecule has 1 aliphatic rings. The Hall–Kier alpha value is -4.40. The number of carbonyl (C=O) groups is 3. The van der Waals surface area contributed by atoms with Crippen LogP contribution in [-0.4, -0.2) is 53.8 Å². The maximum absolute atomic E-state index is 14.7. The fourth-order valence-corrected chi connectivity index (χ4v) is 4.50. The molecular weight excluding hydrogens is 487 g/mol. The summed E-state index contributed by atoms with van der Waals surface area (Å²) in [5.74, 6) is -1.34. The number of urea groups is 1. The number of hydrogen-bond donors (Lipinski definition) is 2. The molecule has 198 valence electrons. The van der Waals surface area contributed by atoms with Crippen LogP contribution >= 0.6 is 0 Å². The van der Waals surface area contributed by atoms with Crippen molar-refractivity contribution in [3.8, 4) is 5.75 Å². The van der Waals surface area contributed by atoms with Crippen LogP contribution in [0.3, 0.4) is 0 Å². The fourth-order valence-electron chi connectivity index (χ4n) is 4.50. The predicted molar refractivity (Wildman–Crippen MR) is 143 cm³/mol. The van der Waals surface area contributed by atoms with E-state index >= 15 is 0 Å². The first-order valence-corrected chi connectivity index (χ1v) is 12.4. The average molecular weight is 519 g/mol. The van der Waals surface area contributed by atoms with Crippen LogP contribution in [-0.2, 0) is 6.61 Å². The van der Waals surface area contributed by atoms with E-state index in [1.807, 2.05) is 32.0 Å². The van der Waals surface area contributed by atoms with Crippen LogP contribution in [0.1, 0.15) is 43.0 Å². The molecule has 9 heteroatoms. The lowest BCUT2D eigenvalue weighted by atomic mass is 10.1. The van der Waals surface area contributed by atoms with Gasteiger partial charge in [-0.25, -0.2) is 9.18 Å². The van der Waals surface area contributed by atoms with Crippen molar-refractivity contribution in [1.29, 1.82) is 0 Å². The normalized spacial score (nSPS) is 13.3. The van der Waals surface area contributed by atoms with Crippen molar-refractivity contribution >= 4 is 23.5 Å². The first kappa shape index (κ1) is 26.7. The monoisotopic (exact) mass is 518 g/mol. The third-order valence-electron chi connectivity index (χ3n) is 6.69. The zero-order valence-electron chi connectivity index (χ0n) is 21.7. The second-order valence-corrected chi connectivity index (χ2v) is 9.39. The highest BCUT2D eigenvalue weighted by molar-refractivity contribution is 5.96. The van der Waals surface area contributed by atoms with Crippen molar-refractivity contribution < 1.29 is 23.5 Å². The van der Waals surface area contributed by atoms with Gasteiger partial charge >= 0.3 is 6.03 Å². The number of amides is 4. The number of ether oxygens (including phenoxy) is 1. The molecule has 0 spiro atoms. The number of primary amides is 1. The Morgan fingerprint density at radius 3 is 2.13 bits per heavy atom. The van der Waals surface area contributed by atoms with Gasteiger partial charge in [0.25, 0.3) is 11.8 Å². The number of halogens is 1. The highest BCUT2D eigenvalue weighted by atomic mass is 19.1. The Kier molecular flexibility index (Phi) is 7.95. The second kappa shape index (κ2) is 11.3. The summed E-state index contributed by atoms with van der Waals surface area (Å²) < 4.78 is 20.5. The third kappa shape index (κ3) is 5.77. The molecule has 0 aliphatic carbocycles. The Bertz CT molecular complexity index is 1360. The molecule has 0 radical (unpaired) electrons. The number of hydrogen-bond acceptors (Lipinski definition) is 4. The summed E-state index contributed by atoms with van der Waals surface area (Å²) in [7, 11) is 0. The number of carbonyl (C=O) groups excluding carboxylic acids is 3. The summed E-state index contributed by atoms with van der Waals surface area (Å²) in [5, 5.41) is 2.96. The van der Waals surface area contributed by atoms with E-state index in [2.05, 4.69) is 5.32 Å². The molecule has 1 heterocycles. The predicted octanol–water partition coefficient (Wildman–Crippen LogP) is 4.42. The minimum absolute atomic E-state index is 0.0258. The number of rotatable bonds is 6. The molecule has 4 rings (SSSR count). The molecule has 0 atom stereocenters. The van der Waals surface area contributed by atoms with Gasteiger partial charge in [0.15, 0.2) is 0 Å². The summed E-state index contributed by atoms with van der Waals surface area (Å²) in [5.41, 5.74) is 9.67. The number of anilines is 1. The van der Waals surface area contributed by atoms with Gasteiger partial charge in [-0.2, -0.15) is 0 Å². The maximum Gasteiger partial charge on any atom is 0.321 e. The number of nitrogens with two attached hydrogens (primary N) is 1. The van der Waals surface area contributed by atoms with Gasteiger partial charge in [0.2, 0.25) is 0 Å². The molecule has 0 aromatic heterocycles. The minimum Gasteiger partial charge on any atom is -0.488 e. The van der Waals surface area contributed by atoms with Crippen LogP contribution in [0.25, 0.3) is 0 Å². The number of aryl methyl sites for hydroxylation is 3. The number of piperazine rings is 1. The van der Waals surface area contributed by atoms with Crippen LogP contribution in [0.5, 0.6) is 5.75 Å². The van der Waals surface area contributed by atoms with E-state index in [1.165, 1.54) is 18.2 Å². The van der Waals surface area contributed by atoms with Crippen molar-refractivity contribution in [3.63, 3.8) is 0 Å². The molecule has 1 fully saturated rings. The largest absolute Gasteiger partial charge is 0.488 e. The Morgan fingerprint density at radius 1 is 0.868 bits per heavy atom. The maximum atomic E-state index is 14.7. The van der Waals surface area contributed by atoms with E-state index in [4.69, 9.17) is 10.5 Å². The average Bonchev–Trinajstić information content (AvgIpc) is 2.90. The smallest absolute Gasteiger partial charge is 0.321 e. The Balaban J connectivity index is 1.40. The Morgan fingerprint density at radius 2 is 1.47 bits per heavy atom. The molecule has 0 bridgehead atoms. The van der Waals surface area contributed by atoms with Crippen molar-refractivity contribution in [3.05, 3.63) is 93.8 Å². The van der Waals surface area contributed by atoms with Crippen LogP contribution in [0.2, 0.25) is 0 Å². The van der Waals surface area contributed by atoms with Gasteiger partial charge in [0.05, 0.1) is 11.1 Å². The zero-order chi connectivity index (χ0) is 27.4. The van der Waals surface area contributed by atoms with Crippen LogP contribution in [0, 0.1) is 26.6 Å². The summed E-state index contributed by atoms with van der Waals surface area (Å²) >= 11 is 0. The lowest BCUT2D eigenvalue weighted by Gasteiger charge is -2.35. The quantitative estimate of drug-likeness (QED) is 0.504. The molecule has 1 saturated heterocycles. The zero-order valence-corrected chi connectivity index (χ0v) is 21.7. The van der Waals surface area contributed by atoms with Gasteiger partial charge in [0.1, 0.15) is 18.2 Å². The molecule has 3 N–H and O–H groups in total. The third-order valence-corrected chi connectivity index (χ3v) is 6.69. The Labute approximate surface area is 221 Å². The standard InChI is InChI=1S/C29H31FN4O4/c1-18-6-4-7-19(2)25(18)32-29(37)34-14-12-33(13-15-34)28(36)23-16-21(10-11-24(23)30)17-38-26-20(3)8-5-9-22(26)27(31)35/h4-11,16H,12-15,17H2,1-3H3,(H2,31,35)(H,32,37). The molecule has 1 aliphatic heterocycles. The number of para-hydroxylation sites is 2. The van der Waals surface area contributed by atoms with Crippen molar-refractivity contribution in [2.24, 2.45) is 5.73 Å². The van der Waals surface area contributed by atoms with Crippen LogP contribution in [0.4, 0.5) is 14.9 Å². The van der Waals surface area contributed by atoms with E-state index < -0.39 is 17.6 Å². The van der Waals surface area contributed by atoms with Crippen molar-refractivity contribution in [2.75, 3.05) is 31.5 Å². The highest BCUT2D eigenvalue weighted by Gasteiger charge is 2.27. The number of benzene rings is 3. The van der Waals surface area contributed by atoms with Gasteiger partial charge < -0.3 is 25.6 Å². The molecule has 38 heavy (non-hydrogen) atoms.